The van der Waals surface area contributed by atoms with Crippen LogP contribution < -0.4 is 10.1 Å². The molecule has 17 heavy (non-hydrogen) atoms. The molecule has 94 valence electrons. The summed E-state index contributed by atoms with van der Waals surface area (Å²) in [4.78, 5) is 10.8. The fourth-order valence-corrected chi connectivity index (χ4v) is 1.25. The molecule has 0 spiro atoms. The molecule has 0 heterocycles. The second kappa shape index (κ2) is 5.27. The van der Waals surface area contributed by atoms with Crippen LogP contribution in [-0.4, -0.2) is 18.7 Å². The summed E-state index contributed by atoms with van der Waals surface area (Å²) in [5.41, 5.74) is 0.106. The van der Waals surface area contributed by atoms with E-state index in [-0.39, 0.29) is 16.5 Å². The second-order valence-electron chi connectivity index (χ2n) is 3.23. The van der Waals surface area contributed by atoms with Crippen molar-refractivity contribution in [2.24, 2.45) is 0 Å². The van der Waals surface area contributed by atoms with Gasteiger partial charge in [-0.25, -0.2) is 0 Å². The number of ether oxygens (including phenoxy) is 1. The van der Waals surface area contributed by atoms with Crippen molar-refractivity contribution in [2.75, 3.05) is 11.9 Å². The summed E-state index contributed by atoms with van der Waals surface area (Å²) in [5.74, 6) is -0.508. The summed E-state index contributed by atoms with van der Waals surface area (Å²) in [6, 6.07) is 3.95. The number of carbonyl (C=O) groups is 1. The molecule has 0 aliphatic heterocycles. The quantitative estimate of drug-likeness (QED) is 0.913. The highest BCUT2D eigenvalue weighted by molar-refractivity contribution is 6.31. The molecule has 0 radical (unpaired) electrons. The van der Waals surface area contributed by atoms with Crippen LogP contribution in [0.4, 0.5) is 18.9 Å². The second-order valence-corrected chi connectivity index (χ2v) is 3.66. The van der Waals surface area contributed by atoms with Crippen LogP contribution in [0.1, 0.15) is 6.92 Å². The van der Waals surface area contributed by atoms with E-state index < -0.39 is 18.7 Å². The Morgan fingerprint density at radius 3 is 2.65 bits per heavy atom. The van der Waals surface area contributed by atoms with Gasteiger partial charge < -0.3 is 10.1 Å². The monoisotopic (exact) mass is 267 g/mol. The molecule has 0 unspecified atom stereocenters. The van der Waals surface area contributed by atoms with Crippen molar-refractivity contribution in [3.63, 3.8) is 0 Å². The highest BCUT2D eigenvalue weighted by Crippen LogP contribution is 2.29. The Morgan fingerprint density at radius 2 is 2.12 bits per heavy atom. The maximum Gasteiger partial charge on any atom is 0.422 e. The lowest BCUT2D eigenvalue weighted by Crippen LogP contribution is -2.20. The Kier molecular flexibility index (Phi) is 4.22. The number of hydrogen-bond acceptors (Lipinski definition) is 2. The summed E-state index contributed by atoms with van der Waals surface area (Å²) < 4.78 is 40.5. The summed E-state index contributed by atoms with van der Waals surface area (Å²) in [5, 5.41) is 2.62. The van der Waals surface area contributed by atoms with Crippen molar-refractivity contribution in [3.8, 4) is 5.75 Å². The van der Waals surface area contributed by atoms with Crippen molar-refractivity contribution in [1.82, 2.24) is 0 Å². The molecule has 3 nitrogen and oxygen atoms in total. The number of rotatable bonds is 3. The molecule has 0 saturated carbocycles. The van der Waals surface area contributed by atoms with E-state index in [2.05, 4.69) is 10.1 Å². The van der Waals surface area contributed by atoms with Crippen molar-refractivity contribution >= 4 is 23.2 Å². The lowest BCUT2D eigenvalue weighted by atomic mass is 10.3. The Balaban J connectivity index is 2.86. The van der Waals surface area contributed by atoms with Crippen molar-refractivity contribution in [1.29, 1.82) is 0 Å². The van der Waals surface area contributed by atoms with Gasteiger partial charge in [0.05, 0.1) is 5.69 Å². The predicted octanol–water partition coefficient (Wildman–Crippen LogP) is 3.24. The minimum Gasteiger partial charge on any atom is -0.482 e. The number of nitrogens with one attached hydrogen (secondary N) is 1. The maximum absolute atomic E-state index is 12.0. The number of alkyl halides is 3. The van der Waals surface area contributed by atoms with Gasteiger partial charge in [-0.1, -0.05) is 11.6 Å². The van der Waals surface area contributed by atoms with E-state index >= 15 is 0 Å². The van der Waals surface area contributed by atoms with Crippen molar-refractivity contribution in [3.05, 3.63) is 23.2 Å². The largest absolute Gasteiger partial charge is 0.482 e. The third kappa shape index (κ3) is 4.95. The molecule has 1 rings (SSSR count). The summed E-state index contributed by atoms with van der Waals surface area (Å²) in [6.45, 7) is -0.199. The van der Waals surface area contributed by atoms with Crippen LogP contribution in [0, 0.1) is 0 Å². The zero-order valence-electron chi connectivity index (χ0n) is 8.77. The molecule has 0 atom stereocenters. The first-order valence-corrected chi connectivity index (χ1v) is 4.92. The number of anilines is 1. The lowest BCUT2D eigenvalue weighted by Gasteiger charge is -2.13. The zero-order valence-corrected chi connectivity index (χ0v) is 9.52. The number of benzene rings is 1. The average molecular weight is 268 g/mol. The van der Waals surface area contributed by atoms with Gasteiger partial charge in [0.25, 0.3) is 0 Å². The van der Waals surface area contributed by atoms with Gasteiger partial charge in [0, 0.05) is 11.9 Å². The molecule has 1 amide bonds. The van der Waals surface area contributed by atoms with E-state index in [0.29, 0.717) is 0 Å². The van der Waals surface area contributed by atoms with Crippen molar-refractivity contribution < 1.29 is 22.7 Å². The van der Waals surface area contributed by atoms with Gasteiger partial charge in [-0.2, -0.15) is 13.2 Å². The smallest absolute Gasteiger partial charge is 0.422 e. The fraction of sp³-hybridized carbons (Fsp3) is 0.300. The Hall–Kier alpha value is -1.43. The van der Waals surface area contributed by atoms with E-state index in [1.54, 1.807) is 0 Å². The Labute approximate surface area is 101 Å². The molecule has 0 aromatic heterocycles. The molecule has 0 aliphatic carbocycles. The van der Waals surface area contributed by atoms with E-state index in [1.807, 2.05) is 0 Å². The highest BCUT2D eigenvalue weighted by atomic mass is 35.5. The first-order chi connectivity index (χ1) is 7.78. The van der Waals surface area contributed by atoms with Crippen LogP contribution in [0.2, 0.25) is 5.02 Å². The van der Waals surface area contributed by atoms with Gasteiger partial charge in [-0.15, -0.1) is 0 Å². The van der Waals surface area contributed by atoms with Gasteiger partial charge in [0.15, 0.2) is 6.61 Å². The average Bonchev–Trinajstić information content (AvgIpc) is 2.14. The zero-order chi connectivity index (χ0) is 13.1. The highest BCUT2D eigenvalue weighted by Gasteiger charge is 2.28. The van der Waals surface area contributed by atoms with Gasteiger partial charge in [0.2, 0.25) is 5.91 Å². The number of amides is 1. The number of halogens is 4. The van der Waals surface area contributed by atoms with E-state index in [1.165, 1.54) is 25.1 Å². The molecule has 7 heteroatoms. The van der Waals surface area contributed by atoms with Crippen LogP contribution in [0.25, 0.3) is 0 Å². The predicted molar refractivity (Wildman–Crippen MR) is 57.3 cm³/mol. The van der Waals surface area contributed by atoms with Gasteiger partial charge in [-0.3, -0.25) is 4.79 Å². The van der Waals surface area contributed by atoms with E-state index in [0.717, 1.165) is 0 Å². The molecule has 1 N–H and O–H groups in total. The molecule has 0 fully saturated rings. The Morgan fingerprint density at radius 1 is 1.47 bits per heavy atom. The molecule has 0 bridgehead atoms. The van der Waals surface area contributed by atoms with E-state index in [4.69, 9.17) is 11.6 Å². The minimum absolute atomic E-state index is 0.0816. The number of carbonyl (C=O) groups excluding carboxylic acids is 1. The lowest BCUT2D eigenvalue weighted by molar-refractivity contribution is -0.153. The fourth-order valence-electron chi connectivity index (χ4n) is 1.07. The molecular weight excluding hydrogens is 259 g/mol. The van der Waals surface area contributed by atoms with Crippen LogP contribution in [0.15, 0.2) is 18.2 Å². The Bertz CT molecular complexity index is 421. The summed E-state index contributed by atoms with van der Waals surface area (Å²) in [7, 11) is 0. The van der Waals surface area contributed by atoms with Crippen LogP contribution >= 0.6 is 11.6 Å². The SMILES string of the molecule is CC(=O)Nc1cc(Cl)ccc1OCC(F)(F)F. The van der Waals surface area contributed by atoms with Gasteiger partial charge >= 0.3 is 6.18 Å². The minimum atomic E-state index is -4.44. The maximum atomic E-state index is 12.0. The topological polar surface area (TPSA) is 38.3 Å². The van der Waals surface area contributed by atoms with Crippen molar-refractivity contribution in [2.45, 2.75) is 13.1 Å². The number of hydrogen-bond donors (Lipinski definition) is 1. The molecule has 0 saturated heterocycles. The molecule has 0 aliphatic rings. The molecule has 1 aromatic carbocycles. The standard InChI is InChI=1S/C10H9ClF3NO2/c1-6(16)15-8-4-7(11)2-3-9(8)17-5-10(12,13)14/h2-4H,5H2,1H3,(H,15,16). The first kappa shape index (κ1) is 13.6. The van der Waals surface area contributed by atoms with Crippen LogP contribution in [0.3, 0.4) is 0 Å². The van der Waals surface area contributed by atoms with Crippen LogP contribution in [0.5, 0.6) is 5.75 Å². The van der Waals surface area contributed by atoms with E-state index in [9.17, 15) is 18.0 Å². The normalized spacial score (nSPS) is 11.1. The van der Waals surface area contributed by atoms with Crippen LogP contribution in [-0.2, 0) is 4.79 Å². The van der Waals surface area contributed by atoms with Gasteiger partial charge in [-0.05, 0) is 18.2 Å². The summed E-state index contributed by atoms with van der Waals surface area (Å²) >= 11 is 5.66. The third-order valence-electron chi connectivity index (χ3n) is 1.64. The third-order valence-corrected chi connectivity index (χ3v) is 1.88. The molecular formula is C10H9ClF3NO2. The summed E-state index contributed by atoms with van der Waals surface area (Å²) in [6.07, 6.45) is -4.44. The van der Waals surface area contributed by atoms with Gasteiger partial charge in [0.1, 0.15) is 5.75 Å². The molecule has 1 aromatic rings. The first-order valence-electron chi connectivity index (χ1n) is 4.54.